The van der Waals surface area contributed by atoms with Gasteiger partial charge in [-0.25, -0.2) is 4.98 Å². The Morgan fingerprint density at radius 3 is 2.62 bits per heavy atom. The Balaban J connectivity index is 2.06. The van der Waals surface area contributed by atoms with Crippen molar-refractivity contribution in [3.05, 3.63) is 66.4 Å². The molecule has 0 aliphatic carbocycles. The van der Waals surface area contributed by atoms with Crippen molar-refractivity contribution in [1.29, 1.82) is 0 Å². The molecule has 2 aromatic heterocycles. The Bertz CT molecular complexity index is 964. The van der Waals surface area contributed by atoms with E-state index >= 15 is 0 Å². The molecule has 0 saturated carbocycles. The van der Waals surface area contributed by atoms with Crippen LogP contribution in [0.2, 0.25) is 0 Å². The van der Waals surface area contributed by atoms with Gasteiger partial charge in [0.15, 0.2) is 0 Å². The zero-order valence-electron chi connectivity index (χ0n) is 12.2. The van der Waals surface area contributed by atoms with Gasteiger partial charge in [-0.05, 0) is 30.7 Å². The summed E-state index contributed by atoms with van der Waals surface area (Å²) in [5.74, 6) is 0. The number of benzene rings is 2. The van der Waals surface area contributed by atoms with E-state index in [1.807, 2.05) is 6.07 Å². The fourth-order valence-electron chi connectivity index (χ4n) is 3.02. The monoisotopic (exact) mass is 272 g/mol. The number of aryl methyl sites for hydroxylation is 2. The maximum absolute atomic E-state index is 4.90. The molecule has 4 aromatic rings. The summed E-state index contributed by atoms with van der Waals surface area (Å²) in [4.78, 5) is 4.90. The second-order valence-corrected chi connectivity index (χ2v) is 5.52. The average Bonchev–Trinajstić information content (AvgIpc) is 2.84. The van der Waals surface area contributed by atoms with Crippen molar-refractivity contribution in [2.24, 2.45) is 7.05 Å². The van der Waals surface area contributed by atoms with Gasteiger partial charge in [0.25, 0.3) is 0 Å². The van der Waals surface area contributed by atoms with Crippen LogP contribution < -0.4 is 0 Å². The molecule has 0 aliphatic rings. The lowest BCUT2D eigenvalue weighted by Crippen LogP contribution is -1.89. The van der Waals surface area contributed by atoms with Crippen LogP contribution >= 0.6 is 0 Å². The highest BCUT2D eigenvalue weighted by molar-refractivity contribution is 5.97. The van der Waals surface area contributed by atoms with Gasteiger partial charge in [0, 0.05) is 35.1 Å². The van der Waals surface area contributed by atoms with Crippen molar-refractivity contribution in [2.45, 2.75) is 6.92 Å². The predicted octanol–water partition coefficient (Wildman–Crippen LogP) is 4.70. The molecule has 2 aromatic carbocycles. The number of hydrogen-bond donors (Lipinski definition) is 0. The largest absolute Gasteiger partial charge is 0.350 e. The second-order valence-electron chi connectivity index (χ2n) is 5.52. The summed E-state index contributed by atoms with van der Waals surface area (Å²) in [7, 11) is 2.09. The molecule has 2 heterocycles. The summed E-state index contributed by atoms with van der Waals surface area (Å²) in [5, 5.41) is 2.45. The normalized spacial score (nSPS) is 11.3. The summed E-state index contributed by atoms with van der Waals surface area (Å²) < 4.78 is 2.17. The van der Waals surface area contributed by atoms with Gasteiger partial charge in [0.05, 0.1) is 11.2 Å². The Kier molecular flexibility index (Phi) is 2.58. The van der Waals surface area contributed by atoms with Crippen molar-refractivity contribution >= 4 is 21.8 Å². The minimum Gasteiger partial charge on any atom is -0.350 e. The van der Waals surface area contributed by atoms with Crippen LogP contribution in [0.5, 0.6) is 0 Å². The van der Waals surface area contributed by atoms with E-state index in [2.05, 4.69) is 73.3 Å². The van der Waals surface area contributed by atoms with E-state index < -0.39 is 0 Å². The quantitative estimate of drug-likeness (QED) is 0.491. The lowest BCUT2D eigenvalue weighted by Gasteiger charge is -2.06. The molecular weight excluding hydrogens is 256 g/mol. The van der Waals surface area contributed by atoms with Crippen LogP contribution in [-0.2, 0) is 7.05 Å². The highest BCUT2D eigenvalue weighted by atomic mass is 14.9. The number of hydrogen-bond acceptors (Lipinski definition) is 1. The smallest absolute Gasteiger partial charge is 0.0760 e. The molecule has 0 aliphatic heterocycles. The first-order chi connectivity index (χ1) is 10.2. The third-order valence-electron chi connectivity index (χ3n) is 4.07. The van der Waals surface area contributed by atoms with Crippen molar-refractivity contribution < 1.29 is 0 Å². The molecule has 2 heteroatoms. The fraction of sp³-hybridized carbons (Fsp3) is 0.105. The maximum Gasteiger partial charge on any atom is 0.0760 e. The molecule has 2 nitrogen and oxygen atoms in total. The number of rotatable bonds is 1. The molecule has 0 spiro atoms. The van der Waals surface area contributed by atoms with E-state index in [9.17, 15) is 0 Å². The molecular formula is C19H16N2. The minimum absolute atomic E-state index is 1.05. The van der Waals surface area contributed by atoms with Crippen molar-refractivity contribution in [3.8, 4) is 11.3 Å². The van der Waals surface area contributed by atoms with E-state index in [0.29, 0.717) is 0 Å². The summed E-state index contributed by atoms with van der Waals surface area (Å²) >= 11 is 0. The van der Waals surface area contributed by atoms with Gasteiger partial charge in [0.1, 0.15) is 0 Å². The van der Waals surface area contributed by atoms with Gasteiger partial charge >= 0.3 is 0 Å². The van der Waals surface area contributed by atoms with E-state index in [-0.39, 0.29) is 0 Å². The number of pyridine rings is 1. The van der Waals surface area contributed by atoms with Gasteiger partial charge in [-0.15, -0.1) is 0 Å². The summed E-state index contributed by atoms with van der Waals surface area (Å²) in [5.41, 5.74) is 5.78. The van der Waals surface area contributed by atoms with E-state index in [1.54, 1.807) is 0 Å². The zero-order valence-corrected chi connectivity index (χ0v) is 12.2. The molecule has 0 bridgehead atoms. The van der Waals surface area contributed by atoms with Gasteiger partial charge < -0.3 is 4.57 Å². The Morgan fingerprint density at radius 2 is 1.71 bits per heavy atom. The van der Waals surface area contributed by atoms with Crippen molar-refractivity contribution in [2.75, 3.05) is 0 Å². The lowest BCUT2D eigenvalue weighted by atomic mass is 10.0. The molecule has 0 amide bonds. The van der Waals surface area contributed by atoms with Crippen LogP contribution in [-0.4, -0.2) is 9.55 Å². The van der Waals surface area contributed by atoms with Crippen molar-refractivity contribution in [3.63, 3.8) is 0 Å². The lowest BCUT2D eigenvalue weighted by molar-refractivity contribution is 0.969. The van der Waals surface area contributed by atoms with Gasteiger partial charge in [-0.2, -0.15) is 0 Å². The Hall–Kier alpha value is -2.61. The SMILES string of the molecule is Cc1cc2ccccc2nc1-c1cn(C)c2ccccc12. The van der Waals surface area contributed by atoms with E-state index in [1.165, 1.54) is 27.4 Å². The van der Waals surface area contributed by atoms with Crippen LogP contribution in [0.4, 0.5) is 0 Å². The van der Waals surface area contributed by atoms with Gasteiger partial charge in [-0.3, -0.25) is 0 Å². The number of nitrogens with zero attached hydrogens (tertiary/aromatic N) is 2. The summed E-state index contributed by atoms with van der Waals surface area (Å²) in [6.07, 6.45) is 2.18. The molecule has 21 heavy (non-hydrogen) atoms. The Labute approximate surface area is 123 Å². The first-order valence-electron chi connectivity index (χ1n) is 7.15. The van der Waals surface area contributed by atoms with Crippen LogP contribution in [0.25, 0.3) is 33.1 Å². The topological polar surface area (TPSA) is 17.8 Å². The van der Waals surface area contributed by atoms with Gasteiger partial charge in [-0.1, -0.05) is 36.4 Å². The number of aromatic nitrogens is 2. The molecule has 102 valence electrons. The van der Waals surface area contributed by atoms with Gasteiger partial charge in [0.2, 0.25) is 0 Å². The molecule has 0 N–H and O–H groups in total. The molecule has 0 atom stereocenters. The van der Waals surface area contributed by atoms with E-state index in [4.69, 9.17) is 4.98 Å². The highest BCUT2D eigenvalue weighted by Crippen LogP contribution is 2.32. The summed E-state index contributed by atoms with van der Waals surface area (Å²) in [6.45, 7) is 2.14. The Morgan fingerprint density at radius 1 is 0.952 bits per heavy atom. The second kappa shape index (κ2) is 4.45. The molecule has 0 saturated heterocycles. The molecule has 0 fully saturated rings. The van der Waals surface area contributed by atoms with Crippen LogP contribution in [0.3, 0.4) is 0 Å². The molecule has 0 unspecified atom stereocenters. The average molecular weight is 272 g/mol. The first-order valence-corrected chi connectivity index (χ1v) is 7.15. The third kappa shape index (κ3) is 1.83. The molecule has 4 rings (SSSR count). The van der Waals surface area contributed by atoms with E-state index in [0.717, 1.165) is 11.2 Å². The minimum atomic E-state index is 1.05. The maximum atomic E-state index is 4.90. The fourth-order valence-corrected chi connectivity index (χ4v) is 3.02. The highest BCUT2D eigenvalue weighted by Gasteiger charge is 2.12. The number of fused-ring (bicyclic) bond motifs is 2. The number of para-hydroxylation sites is 2. The third-order valence-corrected chi connectivity index (χ3v) is 4.07. The predicted molar refractivity (Wildman–Crippen MR) is 88.4 cm³/mol. The zero-order chi connectivity index (χ0) is 14.4. The van der Waals surface area contributed by atoms with Crippen LogP contribution in [0, 0.1) is 6.92 Å². The standard InChI is InChI=1S/C19H16N2/c1-13-11-14-7-3-5-9-17(14)20-19(13)16-12-21(2)18-10-6-4-8-15(16)18/h3-12H,1-2H3. The molecule has 0 radical (unpaired) electrons. The van der Waals surface area contributed by atoms with Crippen LogP contribution in [0.1, 0.15) is 5.56 Å². The first kappa shape index (κ1) is 12.2. The summed E-state index contributed by atoms with van der Waals surface area (Å²) in [6, 6.07) is 19.0. The van der Waals surface area contributed by atoms with Crippen molar-refractivity contribution in [1.82, 2.24) is 9.55 Å². The van der Waals surface area contributed by atoms with Crippen LogP contribution in [0.15, 0.2) is 60.8 Å².